The van der Waals surface area contributed by atoms with E-state index in [1.165, 1.54) is 24.1 Å². The number of benzene rings is 1. The summed E-state index contributed by atoms with van der Waals surface area (Å²) in [4.78, 5) is 29.9. The lowest BCUT2D eigenvalue weighted by molar-refractivity contribution is -0.144. The van der Waals surface area contributed by atoms with E-state index in [-0.39, 0.29) is 24.5 Å². The van der Waals surface area contributed by atoms with Crippen LogP contribution in [0.4, 0.5) is 0 Å². The second-order valence-electron chi connectivity index (χ2n) is 6.88. The Morgan fingerprint density at radius 2 is 2.00 bits per heavy atom. The third-order valence-corrected chi connectivity index (χ3v) is 4.83. The van der Waals surface area contributed by atoms with E-state index in [0.717, 1.165) is 23.7 Å². The van der Waals surface area contributed by atoms with Crippen LogP contribution in [0.5, 0.6) is 0 Å². The molecular weight excluding hydrogens is 316 g/mol. The van der Waals surface area contributed by atoms with Gasteiger partial charge >= 0.3 is 5.97 Å². The monoisotopic (exact) mass is 342 g/mol. The number of aryl methyl sites for hydroxylation is 2. The molecule has 1 aliphatic rings. The minimum Gasteiger partial charge on any atom is -0.465 e. The van der Waals surface area contributed by atoms with Gasteiger partial charge in [0, 0.05) is 28.2 Å². The van der Waals surface area contributed by atoms with Crippen LogP contribution in [0.25, 0.3) is 10.9 Å². The Balaban J connectivity index is 1.90. The van der Waals surface area contributed by atoms with E-state index in [2.05, 4.69) is 4.98 Å². The van der Waals surface area contributed by atoms with Crippen molar-refractivity contribution in [3.05, 3.63) is 35.0 Å². The summed E-state index contributed by atoms with van der Waals surface area (Å²) in [6, 6.07) is 5.71. The molecule has 0 bridgehead atoms. The fraction of sp³-hybridized carbons (Fsp3) is 0.500. The summed E-state index contributed by atoms with van der Waals surface area (Å²) in [7, 11) is 0. The van der Waals surface area contributed by atoms with E-state index < -0.39 is 0 Å². The van der Waals surface area contributed by atoms with E-state index in [0.29, 0.717) is 12.2 Å². The third-order valence-electron chi connectivity index (χ3n) is 4.83. The highest BCUT2D eigenvalue weighted by atomic mass is 16.5. The van der Waals surface area contributed by atoms with E-state index in [9.17, 15) is 9.59 Å². The van der Waals surface area contributed by atoms with Gasteiger partial charge in [-0.2, -0.15) is 0 Å². The molecule has 5 nitrogen and oxygen atoms in total. The number of amides is 1. The van der Waals surface area contributed by atoms with Crippen LogP contribution in [0.3, 0.4) is 0 Å². The number of aromatic amines is 1. The molecule has 25 heavy (non-hydrogen) atoms. The minimum atomic E-state index is -0.371. The van der Waals surface area contributed by atoms with Gasteiger partial charge in [0.15, 0.2) is 0 Å². The molecule has 0 spiro atoms. The van der Waals surface area contributed by atoms with Crippen LogP contribution >= 0.6 is 0 Å². The number of esters is 1. The SMILES string of the molecule is CCOC(=O)CN(C(=O)c1ccc2[nH]c3c(c2c1)CCCC3)C(C)C. The Morgan fingerprint density at radius 3 is 2.72 bits per heavy atom. The first-order valence-corrected chi connectivity index (χ1v) is 9.11. The van der Waals surface area contributed by atoms with Crippen molar-refractivity contribution in [1.82, 2.24) is 9.88 Å². The summed E-state index contributed by atoms with van der Waals surface area (Å²) in [5, 5.41) is 1.14. The first-order chi connectivity index (χ1) is 12.0. The number of H-pyrrole nitrogens is 1. The van der Waals surface area contributed by atoms with Gasteiger partial charge in [-0.1, -0.05) is 0 Å². The van der Waals surface area contributed by atoms with Crippen LogP contribution in [0.15, 0.2) is 18.2 Å². The van der Waals surface area contributed by atoms with Gasteiger partial charge < -0.3 is 14.6 Å². The number of nitrogens with zero attached hydrogens (tertiary/aromatic N) is 1. The molecule has 1 aromatic carbocycles. The van der Waals surface area contributed by atoms with Crippen molar-refractivity contribution in [3.8, 4) is 0 Å². The summed E-state index contributed by atoms with van der Waals surface area (Å²) < 4.78 is 5.00. The second-order valence-corrected chi connectivity index (χ2v) is 6.88. The number of fused-ring (bicyclic) bond motifs is 3. The highest BCUT2D eigenvalue weighted by Gasteiger charge is 2.23. The average Bonchev–Trinajstić information content (AvgIpc) is 2.97. The molecule has 1 amide bonds. The highest BCUT2D eigenvalue weighted by Crippen LogP contribution is 2.30. The van der Waals surface area contributed by atoms with Crippen LogP contribution in [-0.4, -0.2) is 41.0 Å². The van der Waals surface area contributed by atoms with Gasteiger partial charge in [-0.25, -0.2) is 0 Å². The van der Waals surface area contributed by atoms with E-state index >= 15 is 0 Å². The van der Waals surface area contributed by atoms with Gasteiger partial charge in [0.2, 0.25) is 0 Å². The largest absolute Gasteiger partial charge is 0.465 e. The summed E-state index contributed by atoms with van der Waals surface area (Å²) >= 11 is 0. The zero-order valence-corrected chi connectivity index (χ0v) is 15.2. The molecule has 3 rings (SSSR count). The Bertz CT molecular complexity index is 792. The Kier molecular flexibility index (Phi) is 5.11. The molecule has 1 aromatic heterocycles. The quantitative estimate of drug-likeness (QED) is 0.847. The normalized spacial score (nSPS) is 13.8. The van der Waals surface area contributed by atoms with E-state index in [4.69, 9.17) is 4.74 Å². The predicted molar refractivity (Wildman–Crippen MR) is 97.7 cm³/mol. The van der Waals surface area contributed by atoms with Crippen molar-refractivity contribution in [1.29, 1.82) is 0 Å². The van der Waals surface area contributed by atoms with Crippen molar-refractivity contribution in [2.45, 2.75) is 52.5 Å². The number of hydrogen-bond donors (Lipinski definition) is 1. The van der Waals surface area contributed by atoms with Crippen LogP contribution < -0.4 is 0 Å². The Labute approximate surface area is 148 Å². The van der Waals surface area contributed by atoms with Gasteiger partial charge in [-0.15, -0.1) is 0 Å². The molecule has 0 atom stereocenters. The summed E-state index contributed by atoms with van der Waals surface area (Å²) in [6.07, 6.45) is 4.54. The molecule has 0 saturated heterocycles. The highest BCUT2D eigenvalue weighted by molar-refractivity contribution is 6.00. The Hall–Kier alpha value is -2.30. The van der Waals surface area contributed by atoms with Crippen LogP contribution in [0.1, 0.15) is 55.2 Å². The topological polar surface area (TPSA) is 62.4 Å². The van der Waals surface area contributed by atoms with Gasteiger partial charge in [-0.05, 0) is 70.2 Å². The molecular formula is C20H26N2O3. The first kappa shape index (κ1) is 17.5. The number of hydrogen-bond acceptors (Lipinski definition) is 3. The van der Waals surface area contributed by atoms with Crippen LogP contribution in [-0.2, 0) is 22.4 Å². The van der Waals surface area contributed by atoms with Crippen molar-refractivity contribution in [3.63, 3.8) is 0 Å². The predicted octanol–water partition coefficient (Wildman–Crippen LogP) is 3.46. The fourth-order valence-corrected chi connectivity index (χ4v) is 3.54. The zero-order chi connectivity index (χ0) is 18.0. The first-order valence-electron chi connectivity index (χ1n) is 9.11. The van der Waals surface area contributed by atoms with Gasteiger partial charge in [0.25, 0.3) is 5.91 Å². The van der Waals surface area contributed by atoms with Crippen LogP contribution in [0.2, 0.25) is 0 Å². The van der Waals surface area contributed by atoms with Gasteiger partial charge in [0.1, 0.15) is 6.54 Å². The molecule has 1 heterocycles. The molecule has 1 N–H and O–H groups in total. The molecule has 5 heteroatoms. The number of aromatic nitrogens is 1. The number of rotatable bonds is 5. The summed E-state index contributed by atoms with van der Waals surface area (Å²) in [5.74, 6) is -0.500. The molecule has 0 radical (unpaired) electrons. The molecule has 1 aliphatic carbocycles. The molecule has 0 unspecified atom stereocenters. The average molecular weight is 342 g/mol. The number of ether oxygens (including phenoxy) is 1. The zero-order valence-electron chi connectivity index (χ0n) is 15.2. The maximum atomic E-state index is 13.0. The summed E-state index contributed by atoms with van der Waals surface area (Å²) in [6.45, 7) is 5.89. The fourth-order valence-electron chi connectivity index (χ4n) is 3.54. The molecule has 134 valence electrons. The van der Waals surface area contributed by atoms with Crippen molar-refractivity contribution < 1.29 is 14.3 Å². The van der Waals surface area contributed by atoms with Crippen molar-refractivity contribution >= 4 is 22.8 Å². The molecule has 2 aromatic rings. The lowest BCUT2D eigenvalue weighted by atomic mass is 9.95. The number of carbonyl (C=O) groups excluding carboxylic acids is 2. The van der Waals surface area contributed by atoms with E-state index in [1.54, 1.807) is 11.8 Å². The summed E-state index contributed by atoms with van der Waals surface area (Å²) in [5.41, 5.74) is 4.36. The van der Waals surface area contributed by atoms with Crippen LogP contribution in [0, 0.1) is 0 Å². The van der Waals surface area contributed by atoms with E-state index in [1.807, 2.05) is 32.0 Å². The Morgan fingerprint density at radius 1 is 1.24 bits per heavy atom. The molecule has 0 aliphatic heterocycles. The smallest absolute Gasteiger partial charge is 0.325 e. The minimum absolute atomic E-state index is 0.0202. The molecule has 0 fully saturated rings. The van der Waals surface area contributed by atoms with Crippen molar-refractivity contribution in [2.24, 2.45) is 0 Å². The molecule has 0 saturated carbocycles. The lowest BCUT2D eigenvalue weighted by Crippen LogP contribution is -2.41. The van der Waals surface area contributed by atoms with Crippen molar-refractivity contribution in [2.75, 3.05) is 13.2 Å². The maximum absolute atomic E-state index is 13.0. The lowest BCUT2D eigenvalue weighted by Gasteiger charge is -2.25. The third kappa shape index (κ3) is 3.55. The van der Waals surface area contributed by atoms with Gasteiger partial charge in [-0.3, -0.25) is 9.59 Å². The second kappa shape index (κ2) is 7.30. The number of nitrogens with one attached hydrogen (secondary N) is 1. The van der Waals surface area contributed by atoms with Gasteiger partial charge in [0.05, 0.1) is 6.61 Å². The number of carbonyl (C=O) groups is 2. The standard InChI is InChI=1S/C20H26N2O3/c1-4-25-19(23)12-22(13(2)3)20(24)14-9-10-18-16(11-14)15-7-5-6-8-17(15)21-18/h9-11,13,21H,4-8,12H2,1-3H3. The maximum Gasteiger partial charge on any atom is 0.325 e.